The van der Waals surface area contributed by atoms with Crippen LogP contribution in [0.4, 0.5) is 0 Å². The third-order valence-electron chi connectivity index (χ3n) is 6.67. The van der Waals surface area contributed by atoms with Gasteiger partial charge in [-0.05, 0) is 53.2 Å². The van der Waals surface area contributed by atoms with E-state index < -0.39 is 0 Å². The first-order valence-corrected chi connectivity index (χ1v) is 10.2. The highest BCUT2D eigenvalue weighted by Gasteiger charge is 2.53. The van der Waals surface area contributed by atoms with E-state index in [0.29, 0.717) is 5.92 Å². The highest BCUT2D eigenvalue weighted by molar-refractivity contribution is 5.96. The van der Waals surface area contributed by atoms with Gasteiger partial charge in [-0.3, -0.25) is 0 Å². The molecule has 136 valence electrons. The molecule has 0 radical (unpaired) electrons. The Bertz CT molecular complexity index is 1120. The van der Waals surface area contributed by atoms with Crippen LogP contribution in [0.2, 0.25) is 0 Å². The lowest BCUT2D eigenvalue weighted by Crippen LogP contribution is -2.32. The predicted molar refractivity (Wildman–Crippen MR) is 114 cm³/mol. The molecule has 1 aliphatic heterocycles. The van der Waals surface area contributed by atoms with Crippen LogP contribution in [0.1, 0.15) is 42.0 Å². The molecule has 1 heterocycles. The van der Waals surface area contributed by atoms with Crippen molar-refractivity contribution in [1.29, 1.82) is 0 Å². The van der Waals surface area contributed by atoms with Crippen molar-refractivity contribution in [3.63, 3.8) is 0 Å². The van der Waals surface area contributed by atoms with Crippen LogP contribution in [0.3, 0.4) is 0 Å². The van der Waals surface area contributed by atoms with Crippen molar-refractivity contribution >= 4 is 5.57 Å². The quantitative estimate of drug-likeness (QED) is 0.458. The SMILES string of the molecule is CCC1C=C2C(=CC1)C1(c3ccccc3Oc3ccccc31)c1ccccc12. The molecule has 3 aromatic carbocycles. The van der Waals surface area contributed by atoms with Gasteiger partial charge in [0.15, 0.2) is 0 Å². The van der Waals surface area contributed by atoms with E-state index in [-0.39, 0.29) is 5.41 Å². The molecule has 3 aromatic rings. The van der Waals surface area contributed by atoms with Crippen LogP contribution in [-0.4, -0.2) is 0 Å². The second-order valence-electron chi connectivity index (χ2n) is 7.99. The number of para-hydroxylation sites is 2. The van der Waals surface area contributed by atoms with Gasteiger partial charge in [0.05, 0.1) is 5.41 Å². The summed E-state index contributed by atoms with van der Waals surface area (Å²) < 4.78 is 6.35. The topological polar surface area (TPSA) is 9.23 Å². The van der Waals surface area contributed by atoms with Crippen LogP contribution in [0.25, 0.3) is 5.57 Å². The van der Waals surface area contributed by atoms with Gasteiger partial charge < -0.3 is 4.74 Å². The van der Waals surface area contributed by atoms with Gasteiger partial charge in [0.1, 0.15) is 11.5 Å². The maximum atomic E-state index is 6.35. The molecule has 2 aliphatic carbocycles. The van der Waals surface area contributed by atoms with Crippen molar-refractivity contribution in [2.75, 3.05) is 0 Å². The molecule has 0 saturated heterocycles. The monoisotopic (exact) mass is 362 g/mol. The highest BCUT2D eigenvalue weighted by Crippen LogP contribution is 2.63. The number of benzene rings is 3. The van der Waals surface area contributed by atoms with Gasteiger partial charge in [-0.15, -0.1) is 0 Å². The Balaban J connectivity index is 1.77. The first-order valence-electron chi connectivity index (χ1n) is 10.2. The summed E-state index contributed by atoms with van der Waals surface area (Å²) in [7, 11) is 0. The zero-order chi connectivity index (χ0) is 18.7. The van der Waals surface area contributed by atoms with Crippen LogP contribution in [0.5, 0.6) is 11.5 Å². The second kappa shape index (κ2) is 5.72. The van der Waals surface area contributed by atoms with Crippen molar-refractivity contribution in [2.24, 2.45) is 5.92 Å². The normalized spacial score (nSPS) is 20.2. The predicted octanol–water partition coefficient (Wildman–Crippen LogP) is 6.88. The average molecular weight is 362 g/mol. The molecule has 1 spiro atoms. The Kier molecular flexibility index (Phi) is 3.26. The van der Waals surface area contributed by atoms with Gasteiger partial charge in [-0.1, -0.05) is 79.7 Å². The zero-order valence-corrected chi connectivity index (χ0v) is 16.0. The van der Waals surface area contributed by atoms with Crippen LogP contribution in [0.15, 0.2) is 90.5 Å². The highest BCUT2D eigenvalue weighted by atomic mass is 16.5. The standard InChI is InChI=1S/C27H22O/c1-2-18-15-16-22-20(17-18)19-9-3-4-10-21(19)27(22)23-11-5-7-13-25(23)28-26-14-8-6-12-24(26)27/h3-14,16-18H,2,15H2,1H3. The van der Waals surface area contributed by atoms with Crippen LogP contribution < -0.4 is 4.74 Å². The van der Waals surface area contributed by atoms with Crippen molar-refractivity contribution in [3.8, 4) is 11.5 Å². The lowest BCUT2D eigenvalue weighted by atomic mass is 9.65. The number of hydrogen-bond donors (Lipinski definition) is 0. The van der Waals surface area contributed by atoms with Crippen LogP contribution in [-0.2, 0) is 5.41 Å². The van der Waals surface area contributed by atoms with E-state index in [2.05, 4.69) is 91.9 Å². The molecule has 3 aliphatic rings. The van der Waals surface area contributed by atoms with Crippen LogP contribution in [0, 0.1) is 5.92 Å². The van der Waals surface area contributed by atoms with E-state index in [0.717, 1.165) is 17.9 Å². The van der Waals surface area contributed by atoms with Gasteiger partial charge >= 0.3 is 0 Å². The first kappa shape index (κ1) is 15.9. The molecule has 1 heteroatoms. The summed E-state index contributed by atoms with van der Waals surface area (Å²) in [5.41, 5.74) is 7.83. The number of allylic oxidation sites excluding steroid dienone is 4. The summed E-state index contributed by atoms with van der Waals surface area (Å²) >= 11 is 0. The summed E-state index contributed by atoms with van der Waals surface area (Å²) in [6, 6.07) is 26.1. The van der Waals surface area contributed by atoms with E-state index in [9.17, 15) is 0 Å². The average Bonchev–Trinajstić information content (AvgIpc) is 3.05. The van der Waals surface area contributed by atoms with Gasteiger partial charge in [0, 0.05) is 11.1 Å². The Morgan fingerprint density at radius 3 is 2.11 bits per heavy atom. The molecule has 1 nitrogen and oxygen atoms in total. The number of ether oxygens (including phenoxy) is 1. The summed E-state index contributed by atoms with van der Waals surface area (Å²) in [6.45, 7) is 2.29. The summed E-state index contributed by atoms with van der Waals surface area (Å²) in [6.07, 6.45) is 7.31. The minimum absolute atomic E-state index is 0.285. The molecule has 0 N–H and O–H groups in total. The van der Waals surface area contributed by atoms with E-state index >= 15 is 0 Å². The number of hydrogen-bond acceptors (Lipinski definition) is 1. The second-order valence-corrected chi connectivity index (χ2v) is 7.99. The molecule has 6 rings (SSSR count). The number of fused-ring (bicyclic) bond motifs is 9. The minimum atomic E-state index is -0.285. The molecule has 1 atom stereocenters. The maximum Gasteiger partial charge on any atom is 0.132 e. The van der Waals surface area contributed by atoms with Crippen molar-refractivity contribution in [1.82, 2.24) is 0 Å². The maximum absolute atomic E-state index is 6.35. The van der Waals surface area contributed by atoms with E-state index in [4.69, 9.17) is 4.74 Å². The van der Waals surface area contributed by atoms with Gasteiger partial charge in [-0.25, -0.2) is 0 Å². The third kappa shape index (κ3) is 1.87. The first-order chi connectivity index (χ1) is 13.8. The lowest BCUT2D eigenvalue weighted by Gasteiger charge is -2.40. The third-order valence-corrected chi connectivity index (χ3v) is 6.67. The van der Waals surface area contributed by atoms with E-state index in [1.54, 1.807) is 0 Å². The fraction of sp³-hybridized carbons (Fsp3) is 0.185. The van der Waals surface area contributed by atoms with Crippen molar-refractivity contribution in [3.05, 3.63) is 113 Å². The van der Waals surface area contributed by atoms with Crippen molar-refractivity contribution < 1.29 is 4.74 Å². The Hall–Kier alpha value is -3.06. The summed E-state index contributed by atoms with van der Waals surface area (Å²) in [5.74, 6) is 2.55. The largest absolute Gasteiger partial charge is 0.457 e. The molecule has 28 heavy (non-hydrogen) atoms. The van der Waals surface area contributed by atoms with Gasteiger partial charge in [0.25, 0.3) is 0 Å². The van der Waals surface area contributed by atoms with Gasteiger partial charge in [0.2, 0.25) is 0 Å². The van der Waals surface area contributed by atoms with E-state index in [1.807, 2.05) is 0 Å². The number of rotatable bonds is 1. The van der Waals surface area contributed by atoms with E-state index in [1.165, 1.54) is 39.8 Å². The molecular weight excluding hydrogens is 340 g/mol. The molecular formula is C27H22O. The van der Waals surface area contributed by atoms with Crippen molar-refractivity contribution in [2.45, 2.75) is 25.2 Å². The Labute approximate surface area is 166 Å². The molecule has 1 unspecified atom stereocenters. The summed E-state index contributed by atoms with van der Waals surface area (Å²) in [4.78, 5) is 0. The molecule has 0 amide bonds. The van der Waals surface area contributed by atoms with Crippen LogP contribution >= 0.6 is 0 Å². The van der Waals surface area contributed by atoms with Gasteiger partial charge in [-0.2, -0.15) is 0 Å². The Morgan fingerprint density at radius 2 is 1.43 bits per heavy atom. The minimum Gasteiger partial charge on any atom is -0.457 e. The lowest BCUT2D eigenvalue weighted by molar-refractivity contribution is 0.435. The fourth-order valence-electron chi connectivity index (χ4n) is 5.41. The Morgan fingerprint density at radius 1 is 0.821 bits per heavy atom. The molecule has 0 fully saturated rings. The smallest absolute Gasteiger partial charge is 0.132 e. The summed E-state index contributed by atoms with van der Waals surface area (Å²) in [5, 5.41) is 0. The molecule has 0 bridgehead atoms. The zero-order valence-electron chi connectivity index (χ0n) is 16.0. The fourth-order valence-corrected chi connectivity index (χ4v) is 5.41. The molecule has 0 aromatic heterocycles. The molecule has 0 saturated carbocycles.